The Morgan fingerprint density at radius 3 is 2.62 bits per heavy atom. The van der Waals surface area contributed by atoms with Gasteiger partial charge in [-0.1, -0.05) is 26.7 Å². The molecule has 2 rings (SSSR count). The largest absolute Gasteiger partial charge is 0.369 e. The topological polar surface area (TPSA) is 66.9 Å². The van der Waals surface area contributed by atoms with Crippen molar-refractivity contribution in [2.45, 2.75) is 46.0 Å². The number of carbonyl (C=O) groups is 1. The predicted molar refractivity (Wildman–Crippen MR) is 84.3 cm³/mol. The SMILES string of the molecule is CCCNc1ccc(C(=O)NCC2CCC(C)CC2)nn1. The van der Waals surface area contributed by atoms with E-state index >= 15 is 0 Å². The van der Waals surface area contributed by atoms with Crippen molar-refractivity contribution < 1.29 is 4.79 Å². The van der Waals surface area contributed by atoms with Crippen molar-refractivity contribution in [3.63, 3.8) is 0 Å². The number of amides is 1. The molecule has 1 fully saturated rings. The molecule has 1 heterocycles. The van der Waals surface area contributed by atoms with Crippen molar-refractivity contribution in [1.82, 2.24) is 15.5 Å². The number of nitrogens with one attached hydrogen (secondary N) is 2. The third-order valence-electron chi connectivity index (χ3n) is 4.14. The number of hydrogen-bond donors (Lipinski definition) is 2. The summed E-state index contributed by atoms with van der Waals surface area (Å²) in [6.45, 7) is 6.01. The number of anilines is 1. The maximum Gasteiger partial charge on any atom is 0.271 e. The summed E-state index contributed by atoms with van der Waals surface area (Å²) in [5.41, 5.74) is 0.390. The minimum Gasteiger partial charge on any atom is -0.369 e. The van der Waals surface area contributed by atoms with Crippen LogP contribution >= 0.6 is 0 Å². The maximum atomic E-state index is 12.0. The van der Waals surface area contributed by atoms with Crippen molar-refractivity contribution in [3.05, 3.63) is 17.8 Å². The zero-order valence-electron chi connectivity index (χ0n) is 13.1. The molecular weight excluding hydrogens is 264 g/mol. The van der Waals surface area contributed by atoms with E-state index in [0.29, 0.717) is 11.6 Å². The highest BCUT2D eigenvalue weighted by Gasteiger charge is 2.19. The minimum atomic E-state index is -0.122. The van der Waals surface area contributed by atoms with E-state index in [9.17, 15) is 4.79 Å². The molecule has 0 unspecified atom stereocenters. The smallest absolute Gasteiger partial charge is 0.271 e. The predicted octanol–water partition coefficient (Wildman–Crippen LogP) is 2.85. The fraction of sp³-hybridized carbons (Fsp3) is 0.688. The van der Waals surface area contributed by atoms with Crippen molar-refractivity contribution in [2.75, 3.05) is 18.4 Å². The first-order chi connectivity index (χ1) is 10.2. The summed E-state index contributed by atoms with van der Waals surface area (Å²) >= 11 is 0. The van der Waals surface area contributed by atoms with E-state index in [1.54, 1.807) is 12.1 Å². The molecular formula is C16H26N4O. The van der Waals surface area contributed by atoms with Crippen LogP contribution in [0.4, 0.5) is 5.82 Å². The molecule has 2 N–H and O–H groups in total. The van der Waals surface area contributed by atoms with E-state index in [2.05, 4.69) is 34.7 Å². The van der Waals surface area contributed by atoms with Crippen molar-refractivity contribution >= 4 is 11.7 Å². The monoisotopic (exact) mass is 290 g/mol. The average Bonchev–Trinajstić information content (AvgIpc) is 2.52. The minimum absolute atomic E-state index is 0.122. The van der Waals surface area contributed by atoms with Crippen LogP contribution in [0.3, 0.4) is 0 Å². The van der Waals surface area contributed by atoms with Gasteiger partial charge in [-0.3, -0.25) is 4.79 Å². The molecule has 0 radical (unpaired) electrons. The fourth-order valence-electron chi connectivity index (χ4n) is 2.66. The normalized spacial score (nSPS) is 21.8. The Hall–Kier alpha value is -1.65. The number of rotatable bonds is 6. The Morgan fingerprint density at radius 2 is 2.00 bits per heavy atom. The lowest BCUT2D eigenvalue weighted by Crippen LogP contribution is -2.31. The summed E-state index contributed by atoms with van der Waals surface area (Å²) in [7, 11) is 0. The van der Waals surface area contributed by atoms with Crippen LogP contribution < -0.4 is 10.6 Å². The molecule has 116 valence electrons. The second-order valence-electron chi connectivity index (χ2n) is 6.07. The standard InChI is InChI=1S/C16H26N4O/c1-3-10-17-15-9-8-14(19-20-15)16(21)18-11-13-6-4-12(2)5-7-13/h8-9,12-13H,3-7,10-11H2,1-2H3,(H,17,20)(H,18,21). The van der Waals surface area contributed by atoms with Crippen LogP contribution in [-0.4, -0.2) is 29.2 Å². The lowest BCUT2D eigenvalue weighted by molar-refractivity contribution is 0.0936. The van der Waals surface area contributed by atoms with E-state index in [0.717, 1.165) is 31.2 Å². The van der Waals surface area contributed by atoms with Crippen LogP contribution in [-0.2, 0) is 0 Å². The first-order valence-electron chi connectivity index (χ1n) is 8.04. The van der Waals surface area contributed by atoms with E-state index in [1.165, 1.54) is 25.7 Å². The third kappa shape index (κ3) is 4.99. The van der Waals surface area contributed by atoms with E-state index in [4.69, 9.17) is 0 Å². The molecule has 0 aromatic carbocycles. The van der Waals surface area contributed by atoms with Gasteiger partial charge in [0.2, 0.25) is 0 Å². The van der Waals surface area contributed by atoms with Crippen LogP contribution in [0.25, 0.3) is 0 Å². The molecule has 21 heavy (non-hydrogen) atoms. The molecule has 1 amide bonds. The van der Waals surface area contributed by atoms with Gasteiger partial charge in [0.15, 0.2) is 5.69 Å². The summed E-state index contributed by atoms with van der Waals surface area (Å²) in [6.07, 6.45) is 6.01. The molecule has 1 saturated carbocycles. The zero-order valence-corrected chi connectivity index (χ0v) is 13.1. The first-order valence-corrected chi connectivity index (χ1v) is 8.04. The summed E-state index contributed by atoms with van der Waals surface area (Å²) < 4.78 is 0. The molecule has 1 aromatic heterocycles. The molecule has 1 aliphatic carbocycles. The van der Waals surface area contributed by atoms with E-state index in [-0.39, 0.29) is 5.91 Å². The fourth-order valence-corrected chi connectivity index (χ4v) is 2.66. The summed E-state index contributed by atoms with van der Waals surface area (Å²) in [6, 6.07) is 3.53. The van der Waals surface area contributed by atoms with Gasteiger partial charge < -0.3 is 10.6 Å². The van der Waals surface area contributed by atoms with Crippen LogP contribution in [0.1, 0.15) is 56.4 Å². The molecule has 0 saturated heterocycles. The summed E-state index contributed by atoms with van der Waals surface area (Å²) in [4.78, 5) is 12.0. The molecule has 1 aliphatic rings. The number of hydrogen-bond acceptors (Lipinski definition) is 4. The van der Waals surface area contributed by atoms with Gasteiger partial charge in [-0.25, -0.2) is 0 Å². The highest BCUT2D eigenvalue weighted by molar-refractivity contribution is 5.92. The zero-order chi connectivity index (χ0) is 15.1. The Bertz CT molecular complexity index is 438. The van der Waals surface area contributed by atoms with Gasteiger partial charge >= 0.3 is 0 Å². The second kappa shape index (κ2) is 7.96. The van der Waals surface area contributed by atoms with Gasteiger partial charge in [0.1, 0.15) is 5.82 Å². The summed E-state index contributed by atoms with van der Waals surface area (Å²) in [5, 5.41) is 14.1. The van der Waals surface area contributed by atoms with Gasteiger partial charge in [-0.05, 0) is 43.2 Å². The van der Waals surface area contributed by atoms with Gasteiger partial charge in [0.25, 0.3) is 5.91 Å². The van der Waals surface area contributed by atoms with Crippen LogP contribution in [0.2, 0.25) is 0 Å². The average molecular weight is 290 g/mol. The highest BCUT2D eigenvalue weighted by Crippen LogP contribution is 2.27. The molecule has 5 heteroatoms. The van der Waals surface area contributed by atoms with Gasteiger partial charge in [0.05, 0.1) is 0 Å². The van der Waals surface area contributed by atoms with Crippen molar-refractivity contribution in [3.8, 4) is 0 Å². The Balaban J connectivity index is 1.77. The van der Waals surface area contributed by atoms with Crippen molar-refractivity contribution in [2.24, 2.45) is 11.8 Å². The lowest BCUT2D eigenvalue weighted by atomic mass is 9.83. The van der Waals surface area contributed by atoms with Gasteiger partial charge in [0, 0.05) is 13.1 Å². The van der Waals surface area contributed by atoms with Crippen LogP contribution in [0.15, 0.2) is 12.1 Å². The van der Waals surface area contributed by atoms with Gasteiger partial charge in [-0.2, -0.15) is 0 Å². The molecule has 0 bridgehead atoms. The third-order valence-corrected chi connectivity index (χ3v) is 4.14. The number of aromatic nitrogens is 2. The van der Waals surface area contributed by atoms with Gasteiger partial charge in [-0.15, -0.1) is 10.2 Å². The summed E-state index contributed by atoms with van der Waals surface area (Å²) in [5.74, 6) is 2.05. The Morgan fingerprint density at radius 1 is 1.24 bits per heavy atom. The molecule has 0 spiro atoms. The number of nitrogens with zero attached hydrogens (tertiary/aromatic N) is 2. The molecule has 0 aliphatic heterocycles. The Kier molecular flexibility index (Phi) is 5.96. The Labute approximate surface area is 126 Å². The van der Waals surface area contributed by atoms with E-state index < -0.39 is 0 Å². The van der Waals surface area contributed by atoms with Crippen molar-refractivity contribution in [1.29, 1.82) is 0 Å². The quantitative estimate of drug-likeness (QED) is 0.845. The number of carbonyl (C=O) groups excluding carboxylic acids is 1. The van der Waals surface area contributed by atoms with Crippen LogP contribution in [0.5, 0.6) is 0 Å². The molecule has 1 aromatic rings. The lowest BCUT2D eigenvalue weighted by Gasteiger charge is -2.26. The molecule has 0 atom stereocenters. The molecule has 5 nitrogen and oxygen atoms in total. The van der Waals surface area contributed by atoms with E-state index in [1.807, 2.05) is 0 Å². The maximum absolute atomic E-state index is 12.0. The second-order valence-corrected chi connectivity index (χ2v) is 6.07. The first kappa shape index (κ1) is 15.7. The highest BCUT2D eigenvalue weighted by atomic mass is 16.1. The van der Waals surface area contributed by atoms with Crippen LogP contribution in [0, 0.1) is 11.8 Å².